The third-order valence-electron chi connectivity index (χ3n) is 4.25. The number of nitrogens with zero attached hydrogens (tertiary/aromatic N) is 1. The Kier molecular flexibility index (Phi) is 6.47. The molecule has 2 fully saturated rings. The van der Waals surface area contributed by atoms with Crippen LogP contribution in [0.3, 0.4) is 0 Å². The van der Waals surface area contributed by atoms with Gasteiger partial charge in [-0.1, -0.05) is 20.8 Å². The minimum absolute atomic E-state index is 0. The molecular weight excluding hydrogens is 290 g/mol. The number of nitrogens with one attached hydrogen (secondary N) is 2. The second-order valence-corrected chi connectivity index (χ2v) is 6.93. The summed E-state index contributed by atoms with van der Waals surface area (Å²) in [5, 5.41) is 6.25. The summed E-state index contributed by atoms with van der Waals surface area (Å²) < 4.78 is 0. The zero-order chi connectivity index (χ0) is 14.8. The van der Waals surface area contributed by atoms with E-state index in [2.05, 4.69) is 15.5 Å². The molecule has 2 bridgehead atoms. The normalized spacial score (nSPS) is 25.0. The number of halogens is 1. The van der Waals surface area contributed by atoms with Gasteiger partial charge < -0.3 is 15.5 Å². The monoisotopic (exact) mass is 317 g/mol. The largest absolute Gasteiger partial charge is 0.355 e. The van der Waals surface area contributed by atoms with Gasteiger partial charge in [0.1, 0.15) is 0 Å². The molecule has 5 nitrogen and oxygen atoms in total. The molecule has 6 heteroatoms. The number of fused-ring (bicyclic) bond motifs is 2. The molecule has 2 atom stereocenters. The van der Waals surface area contributed by atoms with Crippen LogP contribution >= 0.6 is 12.4 Å². The smallest absolute Gasteiger partial charge is 0.225 e. The predicted molar refractivity (Wildman–Crippen MR) is 85.5 cm³/mol. The summed E-state index contributed by atoms with van der Waals surface area (Å²) in [5.74, 6) is 0.196. The Morgan fingerprint density at radius 1 is 1.19 bits per heavy atom. The molecule has 2 heterocycles. The molecule has 0 saturated carbocycles. The van der Waals surface area contributed by atoms with Crippen molar-refractivity contribution in [1.82, 2.24) is 15.5 Å². The zero-order valence-corrected chi connectivity index (χ0v) is 14.1. The van der Waals surface area contributed by atoms with Gasteiger partial charge in [0.2, 0.25) is 11.8 Å². The molecule has 2 unspecified atom stereocenters. The minimum atomic E-state index is -0.394. The average molecular weight is 318 g/mol. The first kappa shape index (κ1) is 18.2. The standard InChI is InChI=1S/C15H27N3O2.ClH/c1-15(2,3)14(20)17-9-7-13(19)18-11-4-5-12(18)10-16-8-6-11;/h11-12,16H,4-10H2,1-3H3,(H,17,20);1H. The van der Waals surface area contributed by atoms with Crippen LogP contribution in [0.4, 0.5) is 0 Å². The Balaban J connectivity index is 0.00000220. The van der Waals surface area contributed by atoms with Crippen LogP contribution in [0.1, 0.15) is 46.5 Å². The van der Waals surface area contributed by atoms with Crippen LogP contribution < -0.4 is 10.6 Å². The van der Waals surface area contributed by atoms with E-state index < -0.39 is 5.41 Å². The molecule has 0 aromatic rings. The third kappa shape index (κ3) is 4.58. The molecule has 122 valence electrons. The summed E-state index contributed by atoms with van der Waals surface area (Å²) in [6.07, 6.45) is 3.70. The van der Waals surface area contributed by atoms with Crippen LogP contribution in [-0.4, -0.2) is 48.4 Å². The van der Waals surface area contributed by atoms with Crippen LogP contribution in [0.25, 0.3) is 0 Å². The van der Waals surface area contributed by atoms with Gasteiger partial charge in [0, 0.05) is 37.0 Å². The lowest BCUT2D eigenvalue weighted by Crippen LogP contribution is -2.44. The van der Waals surface area contributed by atoms with Gasteiger partial charge in [-0.25, -0.2) is 0 Å². The van der Waals surface area contributed by atoms with Crippen LogP contribution in [0.15, 0.2) is 0 Å². The van der Waals surface area contributed by atoms with Crippen molar-refractivity contribution >= 4 is 24.2 Å². The van der Waals surface area contributed by atoms with Crippen molar-refractivity contribution in [3.8, 4) is 0 Å². The van der Waals surface area contributed by atoms with Crippen molar-refractivity contribution in [2.75, 3.05) is 19.6 Å². The maximum absolute atomic E-state index is 12.4. The van der Waals surface area contributed by atoms with E-state index in [1.165, 1.54) is 0 Å². The molecule has 2 rings (SSSR count). The molecule has 2 aliphatic heterocycles. The summed E-state index contributed by atoms with van der Waals surface area (Å²) in [4.78, 5) is 26.2. The summed E-state index contributed by atoms with van der Waals surface area (Å²) >= 11 is 0. The molecule has 2 aliphatic rings. The lowest BCUT2D eigenvalue weighted by atomic mass is 9.96. The Hall–Kier alpha value is -0.810. The topological polar surface area (TPSA) is 61.4 Å². The van der Waals surface area contributed by atoms with Gasteiger partial charge in [-0.3, -0.25) is 9.59 Å². The maximum atomic E-state index is 12.4. The molecule has 2 saturated heterocycles. The number of hydrogen-bond acceptors (Lipinski definition) is 3. The van der Waals surface area contributed by atoms with Crippen LogP contribution in [0.2, 0.25) is 0 Å². The van der Waals surface area contributed by atoms with Crippen LogP contribution in [-0.2, 0) is 9.59 Å². The highest BCUT2D eigenvalue weighted by atomic mass is 35.5. The minimum Gasteiger partial charge on any atom is -0.355 e. The van der Waals surface area contributed by atoms with E-state index in [-0.39, 0.29) is 24.2 Å². The SMILES string of the molecule is CC(C)(C)C(=O)NCCC(=O)N1C2CCNCC1CC2.Cl. The molecule has 0 radical (unpaired) electrons. The van der Waals surface area contributed by atoms with E-state index >= 15 is 0 Å². The van der Waals surface area contributed by atoms with E-state index in [0.717, 1.165) is 32.4 Å². The van der Waals surface area contributed by atoms with Gasteiger partial charge in [-0.2, -0.15) is 0 Å². The van der Waals surface area contributed by atoms with Gasteiger partial charge in [0.15, 0.2) is 0 Å². The van der Waals surface area contributed by atoms with Gasteiger partial charge in [-0.15, -0.1) is 12.4 Å². The molecule has 2 N–H and O–H groups in total. The van der Waals surface area contributed by atoms with E-state index in [9.17, 15) is 9.59 Å². The Labute approximate surface area is 133 Å². The van der Waals surface area contributed by atoms with Crippen molar-refractivity contribution < 1.29 is 9.59 Å². The quantitative estimate of drug-likeness (QED) is 0.825. The Bertz CT molecular complexity index is 368. The van der Waals surface area contributed by atoms with Crippen molar-refractivity contribution in [2.45, 2.75) is 58.5 Å². The molecule has 2 amide bonds. The first-order valence-corrected chi connectivity index (χ1v) is 7.70. The zero-order valence-electron chi connectivity index (χ0n) is 13.3. The van der Waals surface area contributed by atoms with E-state index in [1.54, 1.807) is 0 Å². The molecule has 0 spiro atoms. The van der Waals surface area contributed by atoms with E-state index in [0.29, 0.717) is 25.0 Å². The summed E-state index contributed by atoms with van der Waals surface area (Å²) in [5.41, 5.74) is -0.394. The van der Waals surface area contributed by atoms with Crippen molar-refractivity contribution in [1.29, 1.82) is 0 Å². The highest BCUT2D eigenvalue weighted by Gasteiger charge is 2.37. The van der Waals surface area contributed by atoms with Gasteiger partial charge >= 0.3 is 0 Å². The second kappa shape index (κ2) is 7.45. The van der Waals surface area contributed by atoms with Crippen molar-refractivity contribution in [3.63, 3.8) is 0 Å². The number of carbonyl (C=O) groups is 2. The lowest BCUT2D eigenvalue weighted by molar-refractivity contribution is -0.134. The highest BCUT2D eigenvalue weighted by Crippen LogP contribution is 2.28. The Morgan fingerprint density at radius 3 is 2.52 bits per heavy atom. The van der Waals surface area contributed by atoms with Crippen molar-refractivity contribution in [2.24, 2.45) is 5.41 Å². The number of amides is 2. The predicted octanol–water partition coefficient (Wildman–Crippen LogP) is 1.31. The molecule has 0 aliphatic carbocycles. The molecule has 0 aromatic heterocycles. The molecule has 21 heavy (non-hydrogen) atoms. The van der Waals surface area contributed by atoms with Gasteiger partial charge in [-0.05, 0) is 25.8 Å². The lowest BCUT2D eigenvalue weighted by Gasteiger charge is -2.28. The number of hydrogen-bond donors (Lipinski definition) is 2. The van der Waals surface area contributed by atoms with E-state index in [4.69, 9.17) is 0 Å². The van der Waals surface area contributed by atoms with Crippen LogP contribution in [0, 0.1) is 5.41 Å². The Morgan fingerprint density at radius 2 is 1.86 bits per heavy atom. The fourth-order valence-electron chi connectivity index (χ4n) is 3.07. The maximum Gasteiger partial charge on any atom is 0.225 e. The summed E-state index contributed by atoms with van der Waals surface area (Å²) in [6.45, 7) is 8.00. The summed E-state index contributed by atoms with van der Waals surface area (Å²) in [7, 11) is 0. The van der Waals surface area contributed by atoms with Crippen molar-refractivity contribution in [3.05, 3.63) is 0 Å². The highest BCUT2D eigenvalue weighted by molar-refractivity contribution is 5.85. The molecular formula is C15H28ClN3O2. The second-order valence-electron chi connectivity index (χ2n) is 6.93. The van der Waals surface area contributed by atoms with Gasteiger partial charge in [0.05, 0.1) is 0 Å². The van der Waals surface area contributed by atoms with E-state index in [1.807, 2.05) is 20.8 Å². The average Bonchev–Trinajstić information content (AvgIpc) is 2.61. The third-order valence-corrected chi connectivity index (χ3v) is 4.25. The number of carbonyl (C=O) groups excluding carboxylic acids is 2. The summed E-state index contributed by atoms with van der Waals surface area (Å²) in [6, 6.07) is 0.758. The fourth-order valence-corrected chi connectivity index (χ4v) is 3.07. The number of rotatable bonds is 3. The molecule has 0 aromatic carbocycles. The van der Waals surface area contributed by atoms with Gasteiger partial charge in [0.25, 0.3) is 0 Å². The first-order valence-electron chi connectivity index (χ1n) is 7.70. The van der Waals surface area contributed by atoms with Crippen LogP contribution in [0.5, 0.6) is 0 Å². The first-order chi connectivity index (χ1) is 9.39. The fraction of sp³-hybridized carbons (Fsp3) is 0.867.